The average molecular weight is 309 g/mol. The van der Waals surface area contributed by atoms with Crippen molar-refractivity contribution in [2.24, 2.45) is 29.4 Å². The standard InChI is InChI=1S/C18H31NO3/c19-18(20)16-8-6-15(7-9-16)14-4-1-13(2-5-14)3-10-17-21-11-12-22-17/h13-17H,1-12H2,(H2,19,20). The smallest absolute Gasteiger partial charge is 0.220 e. The topological polar surface area (TPSA) is 61.6 Å². The summed E-state index contributed by atoms with van der Waals surface area (Å²) in [5.41, 5.74) is 5.43. The number of nitrogens with two attached hydrogens (primary N) is 1. The summed E-state index contributed by atoms with van der Waals surface area (Å²) in [5, 5.41) is 0. The highest BCUT2D eigenvalue weighted by molar-refractivity contribution is 5.76. The van der Waals surface area contributed by atoms with Crippen LogP contribution in [0.3, 0.4) is 0 Å². The van der Waals surface area contributed by atoms with Gasteiger partial charge in [-0.15, -0.1) is 0 Å². The minimum Gasteiger partial charge on any atom is -0.369 e. The second-order valence-electron chi connectivity index (χ2n) is 7.54. The predicted octanol–water partition coefficient (Wildman–Crippen LogP) is 3.24. The fraction of sp³-hybridized carbons (Fsp3) is 0.944. The predicted molar refractivity (Wildman–Crippen MR) is 85.0 cm³/mol. The van der Waals surface area contributed by atoms with Crippen molar-refractivity contribution in [3.8, 4) is 0 Å². The van der Waals surface area contributed by atoms with Crippen LogP contribution in [0.2, 0.25) is 0 Å². The largest absolute Gasteiger partial charge is 0.369 e. The molecular weight excluding hydrogens is 278 g/mol. The van der Waals surface area contributed by atoms with Crippen LogP contribution in [-0.2, 0) is 14.3 Å². The first-order valence-electron chi connectivity index (χ1n) is 9.25. The fourth-order valence-corrected chi connectivity index (χ4v) is 4.77. The first-order chi connectivity index (χ1) is 10.7. The van der Waals surface area contributed by atoms with Crippen LogP contribution in [0, 0.1) is 23.7 Å². The van der Waals surface area contributed by atoms with Crippen molar-refractivity contribution in [1.29, 1.82) is 0 Å². The molecule has 22 heavy (non-hydrogen) atoms. The molecule has 0 aromatic carbocycles. The molecule has 0 aromatic heterocycles. The number of hydrogen-bond donors (Lipinski definition) is 1. The molecule has 0 radical (unpaired) electrons. The molecule has 0 spiro atoms. The van der Waals surface area contributed by atoms with E-state index in [0.29, 0.717) is 0 Å². The molecule has 2 saturated carbocycles. The van der Waals surface area contributed by atoms with Crippen LogP contribution in [0.4, 0.5) is 0 Å². The minimum atomic E-state index is -0.0847. The van der Waals surface area contributed by atoms with Gasteiger partial charge in [0.2, 0.25) is 5.91 Å². The Kier molecular flexibility index (Phi) is 5.75. The summed E-state index contributed by atoms with van der Waals surface area (Å²) < 4.78 is 11.1. The van der Waals surface area contributed by atoms with Crippen molar-refractivity contribution in [2.45, 2.75) is 70.5 Å². The monoisotopic (exact) mass is 309 g/mol. The Morgan fingerprint density at radius 1 is 0.818 bits per heavy atom. The van der Waals surface area contributed by atoms with E-state index in [1.807, 2.05) is 0 Å². The Hall–Kier alpha value is -0.610. The van der Waals surface area contributed by atoms with Gasteiger partial charge in [-0.05, 0) is 69.1 Å². The lowest BCUT2D eigenvalue weighted by atomic mass is 9.68. The highest BCUT2D eigenvalue weighted by Gasteiger charge is 2.32. The van der Waals surface area contributed by atoms with Gasteiger partial charge in [0.15, 0.2) is 6.29 Å². The summed E-state index contributed by atoms with van der Waals surface area (Å²) in [6.07, 6.45) is 12.4. The van der Waals surface area contributed by atoms with Crippen LogP contribution in [-0.4, -0.2) is 25.4 Å². The summed E-state index contributed by atoms with van der Waals surface area (Å²) >= 11 is 0. The SMILES string of the molecule is NC(=O)C1CCC(C2CCC(CCC3OCCO3)CC2)CC1. The van der Waals surface area contributed by atoms with Gasteiger partial charge in [0.05, 0.1) is 13.2 Å². The van der Waals surface area contributed by atoms with E-state index >= 15 is 0 Å². The van der Waals surface area contributed by atoms with Gasteiger partial charge >= 0.3 is 0 Å². The van der Waals surface area contributed by atoms with Crippen molar-refractivity contribution in [3.63, 3.8) is 0 Å². The first-order valence-corrected chi connectivity index (χ1v) is 9.25. The third kappa shape index (κ3) is 4.23. The molecule has 0 unspecified atom stereocenters. The van der Waals surface area contributed by atoms with E-state index in [9.17, 15) is 4.79 Å². The molecule has 0 bridgehead atoms. The van der Waals surface area contributed by atoms with Gasteiger partial charge in [-0.3, -0.25) is 4.79 Å². The Labute approximate surface area is 134 Å². The minimum absolute atomic E-state index is 0.0711. The van der Waals surface area contributed by atoms with Crippen molar-refractivity contribution >= 4 is 5.91 Å². The number of carbonyl (C=O) groups is 1. The van der Waals surface area contributed by atoms with E-state index in [1.54, 1.807) is 0 Å². The fourth-order valence-electron chi connectivity index (χ4n) is 4.77. The summed E-state index contributed by atoms with van der Waals surface area (Å²) in [6.45, 7) is 1.54. The second kappa shape index (κ2) is 7.78. The van der Waals surface area contributed by atoms with Crippen molar-refractivity contribution in [2.75, 3.05) is 13.2 Å². The van der Waals surface area contributed by atoms with Gasteiger partial charge in [-0.2, -0.15) is 0 Å². The maximum atomic E-state index is 11.3. The lowest BCUT2D eigenvalue weighted by Gasteiger charge is -2.37. The number of primary amides is 1. The summed E-state index contributed by atoms with van der Waals surface area (Å²) in [7, 11) is 0. The van der Waals surface area contributed by atoms with E-state index in [2.05, 4.69) is 0 Å². The van der Waals surface area contributed by atoms with Crippen LogP contribution in [0.25, 0.3) is 0 Å². The van der Waals surface area contributed by atoms with Gasteiger partial charge in [-0.25, -0.2) is 0 Å². The first kappa shape index (κ1) is 16.3. The Bertz CT molecular complexity index is 351. The van der Waals surface area contributed by atoms with Gasteiger partial charge < -0.3 is 15.2 Å². The number of hydrogen-bond acceptors (Lipinski definition) is 3. The van der Waals surface area contributed by atoms with Crippen molar-refractivity contribution < 1.29 is 14.3 Å². The lowest BCUT2D eigenvalue weighted by molar-refractivity contribution is -0.123. The molecule has 3 fully saturated rings. The molecule has 1 saturated heterocycles. The highest BCUT2D eigenvalue weighted by atomic mass is 16.7. The third-order valence-electron chi connectivity index (χ3n) is 6.23. The van der Waals surface area contributed by atoms with Crippen LogP contribution in [0.15, 0.2) is 0 Å². The third-order valence-corrected chi connectivity index (χ3v) is 6.23. The quantitative estimate of drug-likeness (QED) is 0.848. The molecule has 2 aliphatic carbocycles. The number of rotatable bonds is 5. The second-order valence-corrected chi connectivity index (χ2v) is 7.54. The molecular formula is C18H31NO3. The van der Waals surface area contributed by atoms with Crippen LogP contribution >= 0.6 is 0 Å². The zero-order valence-corrected chi connectivity index (χ0v) is 13.7. The van der Waals surface area contributed by atoms with Gasteiger partial charge in [0.1, 0.15) is 0 Å². The molecule has 1 heterocycles. The Morgan fingerprint density at radius 2 is 1.36 bits per heavy atom. The lowest BCUT2D eigenvalue weighted by Crippen LogP contribution is -2.31. The van der Waals surface area contributed by atoms with E-state index < -0.39 is 0 Å². The van der Waals surface area contributed by atoms with Gasteiger partial charge in [0.25, 0.3) is 0 Å². The highest BCUT2D eigenvalue weighted by Crippen LogP contribution is 2.42. The molecule has 0 atom stereocenters. The number of carbonyl (C=O) groups excluding carboxylic acids is 1. The maximum absolute atomic E-state index is 11.3. The Balaban J connectivity index is 1.34. The van der Waals surface area contributed by atoms with E-state index in [1.165, 1.54) is 44.9 Å². The van der Waals surface area contributed by atoms with Crippen LogP contribution in [0.5, 0.6) is 0 Å². The van der Waals surface area contributed by atoms with Crippen LogP contribution < -0.4 is 5.73 Å². The van der Waals surface area contributed by atoms with E-state index in [-0.39, 0.29) is 18.1 Å². The maximum Gasteiger partial charge on any atom is 0.220 e. The summed E-state index contributed by atoms with van der Waals surface area (Å²) in [4.78, 5) is 11.3. The molecule has 1 amide bonds. The molecule has 126 valence electrons. The number of ether oxygens (including phenoxy) is 2. The van der Waals surface area contributed by atoms with Crippen LogP contribution in [0.1, 0.15) is 64.2 Å². The molecule has 3 rings (SSSR count). The zero-order valence-electron chi connectivity index (χ0n) is 13.7. The van der Waals surface area contributed by atoms with Gasteiger partial charge in [-0.1, -0.05) is 12.8 Å². The number of amides is 1. The van der Waals surface area contributed by atoms with E-state index in [4.69, 9.17) is 15.2 Å². The molecule has 1 aliphatic heterocycles. The average Bonchev–Trinajstić information content (AvgIpc) is 3.07. The molecule has 2 N–H and O–H groups in total. The molecule has 0 aromatic rings. The van der Waals surface area contributed by atoms with E-state index in [0.717, 1.165) is 50.2 Å². The zero-order chi connectivity index (χ0) is 15.4. The van der Waals surface area contributed by atoms with Crippen molar-refractivity contribution in [3.05, 3.63) is 0 Å². The van der Waals surface area contributed by atoms with Crippen molar-refractivity contribution in [1.82, 2.24) is 0 Å². The Morgan fingerprint density at radius 3 is 1.91 bits per heavy atom. The molecule has 4 nitrogen and oxygen atoms in total. The summed E-state index contributed by atoms with van der Waals surface area (Å²) in [5.74, 6) is 2.67. The molecule has 3 aliphatic rings. The molecule has 4 heteroatoms. The van der Waals surface area contributed by atoms with Gasteiger partial charge in [0, 0.05) is 5.92 Å². The summed E-state index contributed by atoms with van der Waals surface area (Å²) in [6, 6.07) is 0. The normalized spacial score (nSPS) is 37.3.